The van der Waals surface area contributed by atoms with Crippen molar-refractivity contribution in [1.82, 2.24) is 19.1 Å². The van der Waals surface area contributed by atoms with Crippen molar-refractivity contribution < 1.29 is 4.42 Å². The van der Waals surface area contributed by atoms with Crippen molar-refractivity contribution in [2.45, 2.75) is 0 Å². The van der Waals surface area contributed by atoms with E-state index in [1.54, 1.807) is 0 Å². The highest BCUT2D eigenvalue weighted by atomic mass is 16.3. The highest BCUT2D eigenvalue weighted by Crippen LogP contribution is 2.42. The van der Waals surface area contributed by atoms with Gasteiger partial charge in [0.1, 0.15) is 5.52 Å². The average Bonchev–Trinajstić information content (AvgIpc) is 3.78. The summed E-state index contributed by atoms with van der Waals surface area (Å²) in [5.41, 5.74) is 10.4. The molecule has 5 nitrogen and oxygen atoms in total. The summed E-state index contributed by atoms with van der Waals surface area (Å²) >= 11 is 0. The van der Waals surface area contributed by atoms with Crippen molar-refractivity contribution in [2.75, 3.05) is 0 Å². The molecule has 0 saturated heterocycles. The number of fused-ring (bicyclic) bond motifs is 12. The van der Waals surface area contributed by atoms with Crippen LogP contribution in [0.2, 0.25) is 0 Å². The predicted octanol–water partition coefficient (Wildman–Crippen LogP) is 10.9. The Kier molecular flexibility index (Phi) is 4.78. The normalized spacial score (nSPS) is 12.3. The van der Waals surface area contributed by atoms with E-state index in [0.29, 0.717) is 5.71 Å². The lowest BCUT2D eigenvalue weighted by atomic mass is 10.0. The molecule has 0 saturated carbocycles. The van der Waals surface area contributed by atoms with Gasteiger partial charge in [-0.3, -0.25) is 0 Å². The molecule has 0 amide bonds. The van der Waals surface area contributed by atoms with Gasteiger partial charge in [-0.2, -0.15) is 0 Å². The number of para-hydroxylation sites is 6. The minimum Gasteiger partial charge on any atom is -0.434 e. The van der Waals surface area contributed by atoms with E-state index in [4.69, 9.17) is 14.4 Å². The van der Waals surface area contributed by atoms with Gasteiger partial charge in [-0.25, -0.2) is 9.97 Å². The van der Waals surface area contributed by atoms with Gasteiger partial charge < -0.3 is 13.6 Å². The van der Waals surface area contributed by atoms with Gasteiger partial charge in [-0.05, 0) is 65.4 Å². The van der Waals surface area contributed by atoms with E-state index in [-0.39, 0.29) is 0 Å². The van der Waals surface area contributed by atoms with Crippen LogP contribution in [0.25, 0.3) is 99.0 Å². The van der Waals surface area contributed by atoms with Gasteiger partial charge in [0.15, 0.2) is 5.58 Å². The molecule has 0 radical (unpaired) electrons. The summed E-state index contributed by atoms with van der Waals surface area (Å²) in [7, 11) is 0. The van der Waals surface area contributed by atoms with E-state index >= 15 is 0 Å². The van der Waals surface area contributed by atoms with Crippen LogP contribution in [-0.4, -0.2) is 19.1 Å². The molecule has 218 valence electrons. The van der Waals surface area contributed by atoms with E-state index in [1.165, 1.54) is 32.6 Å². The van der Waals surface area contributed by atoms with E-state index in [0.717, 1.165) is 60.7 Å². The standard InChI is InChI=1S/C42H24N4O/c1-7-17-34-28(11-1)29-12-2-8-18-35(29)45(34)26-21-22-27-25(23-26)24-38(46-36-19-9-3-13-30(36)31-14-4-10-20-37(31)46)41-39(27)40-42(47-41)44-33-16-6-5-15-32(33)43-40/h1-24H. The SMILES string of the molecule is c1ccc2nc3c(nc2c1)oc1c(-n2c4ccccc4c4ccccc42)cc2cc(-n4c5ccccc5c5ccccc54)ccc2c13. The van der Waals surface area contributed by atoms with Gasteiger partial charge >= 0.3 is 0 Å². The van der Waals surface area contributed by atoms with Gasteiger partial charge in [-0.15, -0.1) is 0 Å². The molecule has 0 spiro atoms. The number of rotatable bonds is 2. The maximum absolute atomic E-state index is 6.74. The topological polar surface area (TPSA) is 48.8 Å². The van der Waals surface area contributed by atoms with Crippen LogP contribution in [0.4, 0.5) is 0 Å². The van der Waals surface area contributed by atoms with Crippen LogP contribution in [0, 0.1) is 0 Å². The first-order valence-corrected chi connectivity index (χ1v) is 15.8. The molecule has 0 aliphatic rings. The third kappa shape index (κ3) is 3.32. The largest absolute Gasteiger partial charge is 0.434 e. The third-order valence-electron chi connectivity index (χ3n) is 9.69. The molecule has 4 heterocycles. The monoisotopic (exact) mass is 600 g/mol. The van der Waals surface area contributed by atoms with Crippen molar-refractivity contribution in [3.05, 3.63) is 146 Å². The Hall–Kier alpha value is -6.46. The molecule has 0 aliphatic carbocycles. The van der Waals surface area contributed by atoms with Crippen molar-refractivity contribution in [2.24, 2.45) is 0 Å². The number of furan rings is 1. The molecule has 0 bridgehead atoms. The predicted molar refractivity (Wildman–Crippen MR) is 193 cm³/mol. The Morgan fingerprint density at radius 2 is 0.957 bits per heavy atom. The number of hydrogen-bond acceptors (Lipinski definition) is 3. The van der Waals surface area contributed by atoms with Gasteiger partial charge in [0.05, 0.1) is 44.2 Å². The number of hydrogen-bond donors (Lipinski definition) is 0. The minimum absolute atomic E-state index is 0.541. The Bertz CT molecular complexity index is 2980. The fourth-order valence-corrected chi connectivity index (χ4v) is 7.70. The molecular formula is C42H24N4O. The second kappa shape index (κ2) is 9.05. The highest BCUT2D eigenvalue weighted by molar-refractivity contribution is 6.21. The fourth-order valence-electron chi connectivity index (χ4n) is 7.70. The molecule has 0 aliphatic heterocycles. The number of aromatic nitrogens is 4. The number of benzene rings is 7. The lowest BCUT2D eigenvalue weighted by molar-refractivity contribution is 0.653. The average molecular weight is 601 g/mol. The molecule has 0 N–H and O–H groups in total. The van der Waals surface area contributed by atoms with Crippen molar-refractivity contribution >= 4 is 87.6 Å². The van der Waals surface area contributed by atoms with E-state index < -0.39 is 0 Å². The second-order valence-corrected chi connectivity index (χ2v) is 12.2. The van der Waals surface area contributed by atoms with E-state index in [1.807, 2.05) is 24.3 Å². The van der Waals surface area contributed by atoms with Gasteiger partial charge in [0.25, 0.3) is 0 Å². The van der Waals surface area contributed by atoms with Crippen LogP contribution >= 0.6 is 0 Å². The summed E-state index contributed by atoms with van der Waals surface area (Å²) in [6, 6.07) is 51.5. The maximum atomic E-state index is 6.74. The molecule has 11 rings (SSSR count). The van der Waals surface area contributed by atoms with Crippen molar-refractivity contribution in [3.63, 3.8) is 0 Å². The van der Waals surface area contributed by atoms with Crippen LogP contribution in [0.15, 0.2) is 150 Å². The van der Waals surface area contributed by atoms with Gasteiger partial charge in [-0.1, -0.05) is 91.0 Å². The quantitative estimate of drug-likeness (QED) is 0.198. The maximum Gasteiger partial charge on any atom is 0.247 e. The van der Waals surface area contributed by atoms with Gasteiger partial charge in [0, 0.05) is 27.2 Å². The van der Waals surface area contributed by atoms with Crippen LogP contribution in [0.5, 0.6) is 0 Å². The Morgan fingerprint density at radius 1 is 0.447 bits per heavy atom. The summed E-state index contributed by atoms with van der Waals surface area (Å²) in [6.45, 7) is 0. The summed E-state index contributed by atoms with van der Waals surface area (Å²) in [6.07, 6.45) is 0. The van der Waals surface area contributed by atoms with Crippen molar-refractivity contribution in [3.8, 4) is 11.4 Å². The fraction of sp³-hybridized carbons (Fsp3) is 0. The van der Waals surface area contributed by atoms with Crippen molar-refractivity contribution in [1.29, 1.82) is 0 Å². The molecule has 5 heteroatoms. The zero-order valence-corrected chi connectivity index (χ0v) is 25.1. The molecule has 0 atom stereocenters. The Balaban J connectivity index is 1.31. The lowest BCUT2D eigenvalue weighted by Gasteiger charge is -2.13. The summed E-state index contributed by atoms with van der Waals surface area (Å²) in [5.74, 6) is 0. The molecule has 7 aromatic carbocycles. The summed E-state index contributed by atoms with van der Waals surface area (Å²) in [5, 5.41) is 8.05. The number of nitrogens with zero attached hydrogens (tertiary/aromatic N) is 4. The zero-order valence-electron chi connectivity index (χ0n) is 25.1. The smallest absolute Gasteiger partial charge is 0.247 e. The minimum atomic E-state index is 0.541. The lowest BCUT2D eigenvalue weighted by Crippen LogP contribution is -1.97. The first kappa shape index (κ1) is 24.8. The molecule has 0 fully saturated rings. The van der Waals surface area contributed by atoms with E-state index in [9.17, 15) is 0 Å². The van der Waals surface area contributed by atoms with Gasteiger partial charge in [0.2, 0.25) is 5.71 Å². The Labute approximate surface area is 267 Å². The third-order valence-corrected chi connectivity index (χ3v) is 9.69. The molecule has 4 aromatic heterocycles. The molecule has 11 aromatic rings. The zero-order chi connectivity index (χ0) is 30.6. The molecule has 47 heavy (non-hydrogen) atoms. The van der Waals surface area contributed by atoms with E-state index in [2.05, 4.69) is 130 Å². The van der Waals surface area contributed by atoms with Crippen LogP contribution < -0.4 is 0 Å². The molecule has 0 unspecified atom stereocenters. The Morgan fingerprint density at radius 3 is 1.55 bits per heavy atom. The van der Waals surface area contributed by atoms with Crippen LogP contribution in [0.1, 0.15) is 0 Å². The molecular weight excluding hydrogens is 576 g/mol. The second-order valence-electron chi connectivity index (χ2n) is 12.2. The van der Waals surface area contributed by atoms with Crippen LogP contribution in [-0.2, 0) is 0 Å². The summed E-state index contributed by atoms with van der Waals surface area (Å²) in [4.78, 5) is 10.1. The van der Waals surface area contributed by atoms with Crippen LogP contribution in [0.3, 0.4) is 0 Å². The first-order chi connectivity index (χ1) is 23.3. The highest BCUT2D eigenvalue weighted by Gasteiger charge is 2.22. The summed E-state index contributed by atoms with van der Waals surface area (Å²) < 4.78 is 11.4. The first-order valence-electron chi connectivity index (χ1n) is 15.8.